The van der Waals surface area contributed by atoms with Crippen molar-refractivity contribution in [1.82, 2.24) is 0 Å². The minimum atomic E-state index is -0.806. The van der Waals surface area contributed by atoms with Crippen molar-refractivity contribution in [2.75, 3.05) is 13.2 Å². The van der Waals surface area contributed by atoms with Crippen LogP contribution in [-0.4, -0.2) is 42.3 Å². The summed E-state index contributed by atoms with van der Waals surface area (Å²) in [5.41, 5.74) is 0.124. The zero-order valence-electron chi connectivity index (χ0n) is 15.9. The first-order valence-corrected chi connectivity index (χ1v) is 8.88. The van der Waals surface area contributed by atoms with E-state index in [4.69, 9.17) is 14.2 Å². The first-order valence-electron chi connectivity index (χ1n) is 8.88. The van der Waals surface area contributed by atoms with E-state index in [1.54, 1.807) is 6.92 Å². The maximum absolute atomic E-state index is 12.6. The molecule has 0 spiro atoms. The van der Waals surface area contributed by atoms with Gasteiger partial charge in [0.2, 0.25) is 0 Å². The summed E-state index contributed by atoms with van der Waals surface area (Å²) in [6, 6.07) is 2.92. The third-order valence-electron chi connectivity index (χ3n) is 3.42. The third kappa shape index (κ3) is 6.53. The summed E-state index contributed by atoms with van der Waals surface area (Å²) in [6.45, 7) is 8.87. The molecule has 1 rings (SSSR count). The van der Waals surface area contributed by atoms with Crippen LogP contribution in [0.15, 0.2) is 24.8 Å². The fourth-order valence-corrected chi connectivity index (χ4v) is 2.28. The van der Waals surface area contributed by atoms with Crippen LogP contribution in [0.2, 0.25) is 0 Å². The Hall–Kier alpha value is -2.67. The molecule has 1 N–H and O–H groups in total. The molecule has 0 heterocycles. The van der Waals surface area contributed by atoms with E-state index in [0.717, 1.165) is 6.08 Å². The molecule has 27 heavy (non-hydrogen) atoms. The molecule has 1 atom stereocenters. The van der Waals surface area contributed by atoms with Crippen molar-refractivity contribution in [3.8, 4) is 5.75 Å². The van der Waals surface area contributed by atoms with Crippen LogP contribution in [0.3, 0.4) is 0 Å². The average Bonchev–Trinajstić information content (AvgIpc) is 2.64. The predicted octanol–water partition coefficient (Wildman–Crippen LogP) is 2.83. The summed E-state index contributed by atoms with van der Waals surface area (Å²) < 4.78 is 15.5. The van der Waals surface area contributed by atoms with Gasteiger partial charge in [0.15, 0.2) is 0 Å². The Morgan fingerprint density at radius 2 is 1.70 bits per heavy atom. The summed E-state index contributed by atoms with van der Waals surface area (Å²) in [4.78, 5) is 36.8. The number of hydrogen-bond donors (Lipinski definition) is 1. The van der Waals surface area contributed by atoms with Gasteiger partial charge < -0.3 is 19.3 Å². The number of aliphatic hydroxyl groups excluding tert-OH is 1. The van der Waals surface area contributed by atoms with Crippen molar-refractivity contribution in [1.29, 1.82) is 0 Å². The molecular weight excluding hydrogens is 352 g/mol. The van der Waals surface area contributed by atoms with Gasteiger partial charge in [-0.2, -0.15) is 0 Å². The van der Waals surface area contributed by atoms with Crippen LogP contribution in [0, 0.1) is 0 Å². The summed E-state index contributed by atoms with van der Waals surface area (Å²) in [5.74, 6) is -2.46. The van der Waals surface area contributed by atoms with Gasteiger partial charge in [0.05, 0.1) is 24.9 Å². The second-order valence-corrected chi connectivity index (χ2v) is 5.93. The lowest BCUT2D eigenvalue weighted by atomic mass is 9.98. The Bertz CT molecular complexity index is 692. The number of rotatable bonds is 10. The van der Waals surface area contributed by atoms with E-state index < -0.39 is 24.0 Å². The Kier molecular flexibility index (Phi) is 9.22. The Morgan fingerprint density at radius 3 is 2.22 bits per heavy atom. The molecule has 1 unspecified atom stereocenters. The number of carbonyl (C=O) groups is 3. The van der Waals surface area contributed by atoms with Gasteiger partial charge in [-0.3, -0.25) is 0 Å². The second kappa shape index (κ2) is 11.1. The summed E-state index contributed by atoms with van der Waals surface area (Å²) in [5, 5.41) is 9.72. The van der Waals surface area contributed by atoms with Gasteiger partial charge in [-0.1, -0.05) is 26.5 Å². The third-order valence-corrected chi connectivity index (χ3v) is 3.42. The van der Waals surface area contributed by atoms with Gasteiger partial charge in [0, 0.05) is 12.5 Å². The lowest BCUT2D eigenvalue weighted by molar-refractivity contribution is -0.129. The van der Waals surface area contributed by atoms with E-state index in [9.17, 15) is 19.5 Å². The van der Waals surface area contributed by atoms with Gasteiger partial charge in [-0.05, 0) is 31.4 Å². The van der Waals surface area contributed by atoms with Crippen molar-refractivity contribution < 1.29 is 33.7 Å². The zero-order chi connectivity index (χ0) is 20.4. The molecule has 0 saturated heterocycles. The normalized spacial score (nSPS) is 11.4. The highest BCUT2D eigenvalue weighted by atomic mass is 16.6. The van der Waals surface area contributed by atoms with E-state index in [2.05, 4.69) is 6.58 Å². The molecule has 1 aromatic carbocycles. The highest BCUT2D eigenvalue weighted by Gasteiger charge is 2.28. The van der Waals surface area contributed by atoms with Gasteiger partial charge >= 0.3 is 17.9 Å². The van der Waals surface area contributed by atoms with Crippen LogP contribution in [-0.2, 0) is 20.7 Å². The molecule has 0 aliphatic carbocycles. The maximum atomic E-state index is 12.6. The molecule has 0 bridgehead atoms. The van der Waals surface area contributed by atoms with E-state index in [1.165, 1.54) is 12.1 Å². The lowest BCUT2D eigenvalue weighted by Gasteiger charge is -2.17. The lowest BCUT2D eigenvalue weighted by Crippen LogP contribution is -2.20. The quantitative estimate of drug-likeness (QED) is 0.380. The van der Waals surface area contributed by atoms with Crippen LogP contribution >= 0.6 is 0 Å². The van der Waals surface area contributed by atoms with Crippen LogP contribution < -0.4 is 4.74 Å². The number of carbonyl (C=O) groups excluding carboxylic acids is 3. The van der Waals surface area contributed by atoms with Gasteiger partial charge in [0.25, 0.3) is 0 Å². The van der Waals surface area contributed by atoms with Crippen molar-refractivity contribution in [3.05, 3.63) is 41.5 Å². The van der Waals surface area contributed by atoms with E-state index in [0.29, 0.717) is 18.4 Å². The van der Waals surface area contributed by atoms with Crippen molar-refractivity contribution >= 4 is 17.9 Å². The number of hydrogen-bond acceptors (Lipinski definition) is 7. The first kappa shape index (κ1) is 22.4. The zero-order valence-corrected chi connectivity index (χ0v) is 15.9. The Morgan fingerprint density at radius 1 is 1.11 bits per heavy atom. The van der Waals surface area contributed by atoms with Crippen molar-refractivity contribution in [3.63, 3.8) is 0 Å². The van der Waals surface area contributed by atoms with Crippen LogP contribution in [0.4, 0.5) is 0 Å². The van der Waals surface area contributed by atoms with Crippen LogP contribution in [0.1, 0.15) is 59.9 Å². The number of ether oxygens (including phenoxy) is 3. The summed E-state index contributed by atoms with van der Waals surface area (Å²) in [6.07, 6.45) is 1.48. The van der Waals surface area contributed by atoms with Gasteiger partial charge in [0.1, 0.15) is 11.3 Å². The Labute approximate surface area is 158 Å². The molecule has 7 nitrogen and oxygen atoms in total. The molecule has 1 aromatic rings. The van der Waals surface area contributed by atoms with Gasteiger partial charge in [-0.25, -0.2) is 14.4 Å². The van der Waals surface area contributed by atoms with Crippen LogP contribution in [0.5, 0.6) is 5.75 Å². The highest BCUT2D eigenvalue weighted by molar-refractivity contribution is 6.06. The highest BCUT2D eigenvalue weighted by Crippen LogP contribution is 2.31. The SMILES string of the molecule is C=CC(=O)Oc1c(CC(C)O)ccc(C(=O)OCCC)c1C(=O)OCCC. The van der Waals surface area contributed by atoms with Gasteiger partial charge in [-0.15, -0.1) is 0 Å². The molecule has 148 valence electrons. The molecule has 7 heteroatoms. The molecule has 0 aromatic heterocycles. The van der Waals surface area contributed by atoms with E-state index in [-0.39, 0.29) is 36.5 Å². The average molecular weight is 378 g/mol. The van der Waals surface area contributed by atoms with E-state index in [1.807, 2.05) is 13.8 Å². The fourth-order valence-electron chi connectivity index (χ4n) is 2.28. The monoisotopic (exact) mass is 378 g/mol. The minimum absolute atomic E-state index is 0.0641. The molecule has 0 aliphatic rings. The minimum Gasteiger partial charge on any atom is -0.462 e. The predicted molar refractivity (Wildman–Crippen MR) is 98.8 cm³/mol. The van der Waals surface area contributed by atoms with E-state index >= 15 is 0 Å². The molecule has 0 amide bonds. The maximum Gasteiger partial charge on any atom is 0.342 e. The summed E-state index contributed by atoms with van der Waals surface area (Å²) >= 11 is 0. The number of benzene rings is 1. The molecule has 0 fully saturated rings. The topological polar surface area (TPSA) is 99.1 Å². The second-order valence-electron chi connectivity index (χ2n) is 5.93. The standard InChI is InChI=1S/C20H26O7/c1-5-10-25-19(23)15-9-8-14(12-13(4)21)18(27-16(22)7-3)17(15)20(24)26-11-6-2/h7-9,13,21H,3,5-6,10-12H2,1-2,4H3. The van der Waals surface area contributed by atoms with Crippen molar-refractivity contribution in [2.45, 2.75) is 46.1 Å². The van der Waals surface area contributed by atoms with Crippen molar-refractivity contribution in [2.24, 2.45) is 0 Å². The number of aliphatic hydroxyl groups is 1. The largest absolute Gasteiger partial charge is 0.462 e. The van der Waals surface area contributed by atoms with Crippen LogP contribution in [0.25, 0.3) is 0 Å². The Balaban J connectivity index is 3.55. The molecule has 0 aliphatic heterocycles. The first-order chi connectivity index (χ1) is 12.8. The smallest absolute Gasteiger partial charge is 0.342 e. The number of esters is 3. The summed E-state index contributed by atoms with van der Waals surface area (Å²) in [7, 11) is 0. The molecule has 0 saturated carbocycles. The molecular formula is C20H26O7. The molecule has 0 radical (unpaired) electrons. The fraction of sp³-hybridized carbons (Fsp3) is 0.450.